The molecule has 0 saturated heterocycles. The van der Waals surface area contributed by atoms with Crippen LogP contribution in [0.3, 0.4) is 0 Å². The fourth-order valence-electron chi connectivity index (χ4n) is 3.04. The Balaban J connectivity index is 1.54. The van der Waals surface area contributed by atoms with Crippen LogP contribution >= 0.6 is 0 Å². The largest absolute Gasteiger partial charge is 0.393 e. The van der Waals surface area contributed by atoms with Crippen molar-refractivity contribution in [3.8, 4) is 11.1 Å². The average Bonchev–Trinajstić information content (AvgIpc) is 2.65. The van der Waals surface area contributed by atoms with E-state index in [9.17, 15) is 14.7 Å². The van der Waals surface area contributed by atoms with E-state index in [4.69, 9.17) is 0 Å². The number of anilines is 1. The Hall–Kier alpha value is -2.66. The fraction of sp³-hybridized carbons (Fsp3) is 0.300. The van der Waals surface area contributed by atoms with Gasteiger partial charge in [0.1, 0.15) is 0 Å². The lowest BCUT2D eigenvalue weighted by molar-refractivity contribution is -0.136. The van der Waals surface area contributed by atoms with E-state index in [1.165, 1.54) is 0 Å². The molecule has 0 heterocycles. The molecule has 5 nitrogen and oxygen atoms in total. The minimum Gasteiger partial charge on any atom is -0.393 e. The summed E-state index contributed by atoms with van der Waals surface area (Å²) in [7, 11) is 0. The van der Waals surface area contributed by atoms with Crippen LogP contribution in [0, 0.1) is 0 Å². The lowest BCUT2D eigenvalue weighted by Gasteiger charge is -2.25. The molecule has 3 N–H and O–H groups in total. The van der Waals surface area contributed by atoms with Crippen molar-refractivity contribution < 1.29 is 14.7 Å². The van der Waals surface area contributed by atoms with Crippen molar-refractivity contribution in [3.63, 3.8) is 0 Å². The molecule has 0 radical (unpaired) electrons. The Morgan fingerprint density at radius 3 is 2.04 bits per heavy atom. The van der Waals surface area contributed by atoms with E-state index in [2.05, 4.69) is 10.6 Å². The quantitative estimate of drug-likeness (QED) is 0.753. The van der Waals surface area contributed by atoms with Crippen molar-refractivity contribution in [2.45, 2.75) is 37.8 Å². The number of rotatable bonds is 3. The van der Waals surface area contributed by atoms with E-state index < -0.39 is 11.8 Å². The first-order chi connectivity index (χ1) is 12.1. The summed E-state index contributed by atoms with van der Waals surface area (Å²) >= 11 is 0. The van der Waals surface area contributed by atoms with Gasteiger partial charge in [-0.25, -0.2) is 0 Å². The summed E-state index contributed by atoms with van der Waals surface area (Å²) in [6, 6.07) is 17.3. The predicted octanol–water partition coefficient (Wildman–Crippen LogP) is 2.71. The van der Waals surface area contributed by atoms with Crippen molar-refractivity contribution in [2.75, 3.05) is 5.32 Å². The zero-order valence-corrected chi connectivity index (χ0v) is 13.9. The Labute approximate surface area is 147 Å². The van der Waals surface area contributed by atoms with Crippen LogP contribution in [0.2, 0.25) is 0 Å². The number of carbonyl (C=O) groups excluding carboxylic acids is 2. The van der Waals surface area contributed by atoms with Gasteiger partial charge in [0.05, 0.1) is 6.10 Å². The molecule has 3 rings (SSSR count). The minimum absolute atomic E-state index is 0.0397. The van der Waals surface area contributed by atoms with Crippen LogP contribution < -0.4 is 10.6 Å². The smallest absolute Gasteiger partial charge is 0.313 e. The first kappa shape index (κ1) is 17.2. The highest BCUT2D eigenvalue weighted by Gasteiger charge is 2.23. The highest BCUT2D eigenvalue weighted by Crippen LogP contribution is 2.21. The van der Waals surface area contributed by atoms with Crippen molar-refractivity contribution in [1.82, 2.24) is 5.32 Å². The van der Waals surface area contributed by atoms with Crippen LogP contribution in [0.25, 0.3) is 11.1 Å². The Bertz CT molecular complexity index is 720. The van der Waals surface area contributed by atoms with E-state index in [1.807, 2.05) is 42.5 Å². The number of amides is 2. The highest BCUT2D eigenvalue weighted by molar-refractivity contribution is 6.39. The standard InChI is InChI=1S/C20H22N2O3/c23-18-12-10-17(11-13-18)22-20(25)19(24)21-16-8-6-15(7-9-16)14-4-2-1-3-5-14/h1-9,17-18,23H,10-13H2,(H,21,24)(H,22,25). The van der Waals surface area contributed by atoms with E-state index in [0.29, 0.717) is 31.4 Å². The number of benzene rings is 2. The molecule has 0 aromatic heterocycles. The Kier molecular flexibility index (Phi) is 5.46. The van der Waals surface area contributed by atoms with Crippen molar-refractivity contribution in [1.29, 1.82) is 0 Å². The van der Waals surface area contributed by atoms with E-state index >= 15 is 0 Å². The lowest BCUT2D eigenvalue weighted by Crippen LogP contribution is -2.43. The monoisotopic (exact) mass is 338 g/mol. The van der Waals surface area contributed by atoms with Crippen molar-refractivity contribution >= 4 is 17.5 Å². The number of aliphatic hydroxyl groups is 1. The lowest BCUT2D eigenvalue weighted by atomic mass is 9.93. The second kappa shape index (κ2) is 7.94. The predicted molar refractivity (Wildman–Crippen MR) is 96.9 cm³/mol. The van der Waals surface area contributed by atoms with Crippen LogP contribution in [0.1, 0.15) is 25.7 Å². The number of carbonyl (C=O) groups is 2. The molecule has 0 unspecified atom stereocenters. The SMILES string of the molecule is O=C(Nc1ccc(-c2ccccc2)cc1)C(=O)NC1CCC(O)CC1. The number of nitrogens with one attached hydrogen (secondary N) is 2. The molecular weight excluding hydrogens is 316 g/mol. The van der Waals surface area contributed by atoms with Gasteiger partial charge in [0.25, 0.3) is 0 Å². The van der Waals surface area contributed by atoms with Crippen LogP contribution in [0.5, 0.6) is 0 Å². The van der Waals surface area contributed by atoms with Gasteiger partial charge in [-0.05, 0) is 48.9 Å². The van der Waals surface area contributed by atoms with Gasteiger partial charge in [-0.1, -0.05) is 42.5 Å². The number of hydrogen-bond acceptors (Lipinski definition) is 3. The third-order valence-corrected chi connectivity index (χ3v) is 4.49. The maximum absolute atomic E-state index is 12.0. The molecule has 2 aromatic rings. The molecule has 0 bridgehead atoms. The Morgan fingerprint density at radius 2 is 1.40 bits per heavy atom. The maximum atomic E-state index is 12.0. The molecular formula is C20H22N2O3. The summed E-state index contributed by atoms with van der Waals surface area (Å²) in [6.45, 7) is 0. The van der Waals surface area contributed by atoms with Gasteiger partial charge >= 0.3 is 11.8 Å². The average molecular weight is 338 g/mol. The summed E-state index contributed by atoms with van der Waals surface area (Å²) in [6.07, 6.45) is 2.43. The molecule has 2 aromatic carbocycles. The second-order valence-electron chi connectivity index (χ2n) is 6.38. The fourth-order valence-corrected chi connectivity index (χ4v) is 3.04. The molecule has 25 heavy (non-hydrogen) atoms. The zero-order chi connectivity index (χ0) is 17.6. The third kappa shape index (κ3) is 4.67. The normalized spacial score (nSPS) is 19.9. The first-order valence-corrected chi connectivity index (χ1v) is 8.57. The Morgan fingerprint density at radius 1 is 0.800 bits per heavy atom. The van der Waals surface area contributed by atoms with Gasteiger partial charge in [-0.15, -0.1) is 0 Å². The van der Waals surface area contributed by atoms with E-state index in [1.54, 1.807) is 12.1 Å². The van der Waals surface area contributed by atoms with Crippen molar-refractivity contribution in [3.05, 3.63) is 54.6 Å². The summed E-state index contributed by atoms with van der Waals surface area (Å²) in [5, 5.41) is 14.8. The summed E-state index contributed by atoms with van der Waals surface area (Å²) in [5.74, 6) is -1.30. The second-order valence-corrected chi connectivity index (χ2v) is 6.38. The molecule has 0 aliphatic heterocycles. The molecule has 0 spiro atoms. The third-order valence-electron chi connectivity index (χ3n) is 4.49. The molecule has 1 aliphatic rings. The molecule has 130 valence electrons. The van der Waals surface area contributed by atoms with Crippen LogP contribution in [0.15, 0.2) is 54.6 Å². The highest BCUT2D eigenvalue weighted by atomic mass is 16.3. The van der Waals surface area contributed by atoms with Gasteiger partial charge in [-0.2, -0.15) is 0 Å². The molecule has 2 amide bonds. The summed E-state index contributed by atoms with van der Waals surface area (Å²) < 4.78 is 0. The van der Waals surface area contributed by atoms with Gasteiger partial charge in [0.15, 0.2) is 0 Å². The maximum Gasteiger partial charge on any atom is 0.313 e. The molecule has 5 heteroatoms. The first-order valence-electron chi connectivity index (χ1n) is 8.57. The number of hydrogen-bond donors (Lipinski definition) is 3. The van der Waals surface area contributed by atoms with Crippen LogP contribution in [0.4, 0.5) is 5.69 Å². The van der Waals surface area contributed by atoms with Gasteiger partial charge in [-0.3, -0.25) is 9.59 Å². The molecule has 1 saturated carbocycles. The topological polar surface area (TPSA) is 78.4 Å². The van der Waals surface area contributed by atoms with Gasteiger partial charge in [0.2, 0.25) is 0 Å². The van der Waals surface area contributed by atoms with Crippen LogP contribution in [-0.4, -0.2) is 29.1 Å². The van der Waals surface area contributed by atoms with Gasteiger partial charge < -0.3 is 15.7 Å². The summed E-state index contributed by atoms with van der Waals surface area (Å²) in [4.78, 5) is 24.0. The molecule has 1 aliphatic carbocycles. The van der Waals surface area contributed by atoms with E-state index in [0.717, 1.165) is 11.1 Å². The van der Waals surface area contributed by atoms with Crippen LogP contribution in [-0.2, 0) is 9.59 Å². The number of aliphatic hydroxyl groups excluding tert-OH is 1. The van der Waals surface area contributed by atoms with E-state index in [-0.39, 0.29) is 12.1 Å². The molecule has 0 atom stereocenters. The van der Waals surface area contributed by atoms with Gasteiger partial charge in [0, 0.05) is 11.7 Å². The zero-order valence-electron chi connectivity index (χ0n) is 13.9. The minimum atomic E-state index is -0.668. The summed E-state index contributed by atoms with van der Waals surface area (Å²) in [5.41, 5.74) is 2.72. The van der Waals surface area contributed by atoms with Crippen molar-refractivity contribution in [2.24, 2.45) is 0 Å². The molecule has 1 fully saturated rings.